The van der Waals surface area contributed by atoms with E-state index in [4.69, 9.17) is 4.98 Å². The van der Waals surface area contributed by atoms with Gasteiger partial charge in [0, 0.05) is 17.1 Å². The second-order valence-corrected chi connectivity index (χ2v) is 26.0. The zero-order chi connectivity index (χ0) is 15.8. The van der Waals surface area contributed by atoms with Gasteiger partial charge in [-0.25, -0.2) is 9.97 Å². The zero-order valence-electron chi connectivity index (χ0n) is 14.8. The fourth-order valence-electron chi connectivity index (χ4n) is 3.27. The van der Waals surface area contributed by atoms with E-state index in [0.29, 0.717) is 5.16 Å². The minimum absolute atomic E-state index is 0.636. The maximum atomic E-state index is 4.98. The monoisotopic (exact) mass is 324 g/mol. The lowest BCUT2D eigenvalue weighted by molar-refractivity contribution is 0.926. The van der Waals surface area contributed by atoms with Gasteiger partial charge in [0.05, 0.1) is 24.2 Å². The number of hydrogen-bond donors (Lipinski definition) is 0. The fraction of sp³-hybridized carbons (Fsp3) is 0.733. The molecule has 114 valence electrons. The van der Waals surface area contributed by atoms with E-state index < -0.39 is 24.2 Å². The summed E-state index contributed by atoms with van der Waals surface area (Å²) in [6.07, 6.45) is 1.99. The molecular weight excluding hydrogens is 292 g/mol. The molecule has 0 aliphatic heterocycles. The Morgan fingerprint density at radius 1 is 0.900 bits per heavy atom. The molecule has 0 amide bonds. The molecule has 0 atom stereocenters. The molecular formula is C15H32N2Si3. The van der Waals surface area contributed by atoms with Crippen molar-refractivity contribution in [1.29, 1.82) is 0 Å². The van der Waals surface area contributed by atoms with Gasteiger partial charge in [-0.2, -0.15) is 0 Å². The molecule has 1 aromatic heterocycles. The molecule has 0 radical (unpaired) electrons. The van der Waals surface area contributed by atoms with E-state index >= 15 is 0 Å². The Balaban J connectivity index is 3.20. The van der Waals surface area contributed by atoms with Gasteiger partial charge in [-0.3, -0.25) is 0 Å². The van der Waals surface area contributed by atoms with Crippen LogP contribution in [0, 0.1) is 0 Å². The van der Waals surface area contributed by atoms with Crippen LogP contribution in [0.2, 0.25) is 58.9 Å². The molecule has 0 aromatic carbocycles. The predicted molar refractivity (Wildman–Crippen MR) is 98.5 cm³/mol. The van der Waals surface area contributed by atoms with Gasteiger partial charge in [-0.05, 0) is 12.1 Å². The molecule has 0 aliphatic rings. The Morgan fingerprint density at radius 3 is 1.80 bits per heavy atom. The molecule has 1 rings (SSSR count). The third kappa shape index (κ3) is 5.26. The van der Waals surface area contributed by atoms with E-state index in [2.05, 4.69) is 70.0 Å². The second-order valence-electron chi connectivity index (χ2n) is 9.31. The molecule has 20 heavy (non-hydrogen) atoms. The molecule has 0 spiro atoms. The fourth-order valence-corrected chi connectivity index (χ4v) is 16.8. The zero-order valence-corrected chi connectivity index (χ0v) is 17.8. The van der Waals surface area contributed by atoms with Gasteiger partial charge in [0.25, 0.3) is 0 Å². The quantitative estimate of drug-likeness (QED) is 0.731. The summed E-state index contributed by atoms with van der Waals surface area (Å²) in [7, 11) is -3.71. The van der Waals surface area contributed by atoms with Crippen LogP contribution in [0.25, 0.3) is 0 Å². The highest BCUT2D eigenvalue weighted by Crippen LogP contribution is 2.33. The van der Waals surface area contributed by atoms with Crippen molar-refractivity contribution in [1.82, 2.24) is 9.97 Å². The first-order valence-electron chi connectivity index (χ1n) is 7.62. The summed E-state index contributed by atoms with van der Waals surface area (Å²) in [6, 6.07) is 3.28. The molecule has 1 heterocycles. The van der Waals surface area contributed by atoms with Crippen molar-refractivity contribution in [2.24, 2.45) is 0 Å². The summed E-state index contributed by atoms with van der Waals surface area (Å²) in [5.41, 5.74) is 1.26. The molecule has 0 bridgehead atoms. The number of aromatic nitrogens is 2. The van der Waals surface area contributed by atoms with Crippen LogP contribution in [0.1, 0.15) is 16.7 Å². The van der Waals surface area contributed by atoms with Gasteiger partial charge in [0.2, 0.25) is 0 Å². The van der Waals surface area contributed by atoms with E-state index in [9.17, 15) is 0 Å². The van der Waals surface area contributed by atoms with Crippen LogP contribution in [0.15, 0.2) is 12.3 Å². The van der Waals surface area contributed by atoms with E-state index in [1.165, 1.54) is 5.69 Å². The predicted octanol–water partition coefficient (Wildman–Crippen LogP) is 4.73. The Bertz CT molecular complexity index is 439. The minimum atomic E-state index is -1.30. The molecule has 2 nitrogen and oxygen atoms in total. The van der Waals surface area contributed by atoms with Gasteiger partial charge < -0.3 is 0 Å². The SMILES string of the molecule is C[Si](C)(C)Cc1ccnc(C([Si](C)(C)C)[Si](C)(C)C)n1. The summed E-state index contributed by atoms with van der Waals surface area (Å²) in [5, 5.41) is 0.636. The first-order chi connectivity index (χ1) is 8.81. The summed E-state index contributed by atoms with van der Waals surface area (Å²) in [5.74, 6) is 1.14. The van der Waals surface area contributed by atoms with E-state index in [0.717, 1.165) is 11.9 Å². The molecule has 0 fully saturated rings. The summed E-state index contributed by atoms with van der Waals surface area (Å²) in [4.78, 5) is 9.66. The Labute approximate surface area is 128 Å². The first-order valence-corrected chi connectivity index (χ1v) is 18.5. The van der Waals surface area contributed by atoms with Crippen LogP contribution in [-0.4, -0.2) is 34.2 Å². The highest BCUT2D eigenvalue weighted by atomic mass is 28.4. The molecule has 0 N–H and O–H groups in total. The van der Waals surface area contributed by atoms with Crippen molar-refractivity contribution in [3.63, 3.8) is 0 Å². The van der Waals surface area contributed by atoms with E-state index in [1.54, 1.807) is 0 Å². The van der Waals surface area contributed by atoms with Gasteiger partial charge in [-0.1, -0.05) is 58.9 Å². The Hall–Kier alpha value is -0.269. The Kier molecular flexibility index (Phi) is 5.20. The Morgan fingerprint density at radius 2 is 1.40 bits per heavy atom. The van der Waals surface area contributed by atoms with Crippen molar-refractivity contribution >= 4 is 24.2 Å². The van der Waals surface area contributed by atoms with Crippen LogP contribution in [0.3, 0.4) is 0 Å². The lowest BCUT2D eigenvalue weighted by Crippen LogP contribution is -2.47. The highest BCUT2D eigenvalue weighted by Gasteiger charge is 2.40. The molecule has 0 saturated heterocycles. The van der Waals surface area contributed by atoms with Crippen molar-refractivity contribution in [3.8, 4) is 0 Å². The van der Waals surface area contributed by atoms with Gasteiger partial charge in [0.1, 0.15) is 5.82 Å². The average Bonchev–Trinajstić information content (AvgIpc) is 2.09. The van der Waals surface area contributed by atoms with Crippen molar-refractivity contribution in [2.45, 2.75) is 70.1 Å². The average molecular weight is 325 g/mol. The topological polar surface area (TPSA) is 25.8 Å². The number of nitrogens with zero attached hydrogens (tertiary/aromatic N) is 2. The maximum absolute atomic E-state index is 4.98. The smallest absolute Gasteiger partial charge is 0.126 e. The highest BCUT2D eigenvalue weighted by molar-refractivity contribution is 6.96. The van der Waals surface area contributed by atoms with Crippen LogP contribution in [0.4, 0.5) is 0 Å². The molecule has 5 heteroatoms. The van der Waals surface area contributed by atoms with Crippen molar-refractivity contribution in [2.75, 3.05) is 0 Å². The van der Waals surface area contributed by atoms with Crippen molar-refractivity contribution < 1.29 is 0 Å². The van der Waals surface area contributed by atoms with Crippen LogP contribution >= 0.6 is 0 Å². The molecule has 1 aromatic rings. The van der Waals surface area contributed by atoms with Crippen LogP contribution in [0.5, 0.6) is 0 Å². The van der Waals surface area contributed by atoms with Gasteiger partial charge >= 0.3 is 0 Å². The third-order valence-corrected chi connectivity index (χ3v) is 14.0. The van der Waals surface area contributed by atoms with E-state index in [-0.39, 0.29) is 0 Å². The summed E-state index contributed by atoms with van der Waals surface area (Å²) >= 11 is 0. The summed E-state index contributed by atoms with van der Waals surface area (Å²) in [6.45, 7) is 22.0. The maximum Gasteiger partial charge on any atom is 0.126 e. The normalized spacial score (nSPS) is 13.9. The lowest BCUT2D eigenvalue weighted by Gasteiger charge is -2.37. The van der Waals surface area contributed by atoms with Crippen LogP contribution < -0.4 is 0 Å². The van der Waals surface area contributed by atoms with Gasteiger partial charge in [-0.15, -0.1) is 0 Å². The second kappa shape index (κ2) is 5.85. The van der Waals surface area contributed by atoms with E-state index in [1.807, 2.05) is 6.20 Å². The molecule has 0 aliphatic carbocycles. The molecule has 0 saturated carbocycles. The standard InChI is InChI=1S/C15H32N2Si3/c1-18(2,3)12-13-10-11-16-14(17-13)15(19(4,5)6)20(7,8)9/h10-11,15H,12H2,1-9H3. The third-order valence-electron chi connectivity index (χ3n) is 3.43. The van der Waals surface area contributed by atoms with Crippen LogP contribution in [-0.2, 0) is 6.04 Å². The minimum Gasteiger partial charge on any atom is -0.242 e. The van der Waals surface area contributed by atoms with Gasteiger partial charge in [0.15, 0.2) is 0 Å². The summed E-state index contributed by atoms with van der Waals surface area (Å²) < 4.78 is 0. The molecule has 0 unspecified atom stereocenters. The number of hydrogen-bond acceptors (Lipinski definition) is 2. The van der Waals surface area contributed by atoms with Crippen molar-refractivity contribution in [3.05, 3.63) is 23.8 Å². The lowest BCUT2D eigenvalue weighted by atomic mass is 10.4. The first kappa shape index (κ1) is 17.8. The largest absolute Gasteiger partial charge is 0.242 e. The number of rotatable bonds is 5.